The second kappa shape index (κ2) is 9.63. The second-order valence-electron chi connectivity index (χ2n) is 8.38. The van der Waals surface area contributed by atoms with Gasteiger partial charge >= 0.3 is 0 Å². The molecular formula is C25H28FN2O4+. The summed E-state index contributed by atoms with van der Waals surface area (Å²) in [6, 6.07) is 12.2. The number of aryl methyl sites for hydroxylation is 1. The zero-order valence-electron chi connectivity index (χ0n) is 18.1. The van der Waals surface area contributed by atoms with Crippen LogP contribution in [0.4, 0.5) is 4.39 Å². The van der Waals surface area contributed by atoms with Gasteiger partial charge in [-0.1, -0.05) is 29.8 Å². The number of carbonyl (C=O) groups excluding carboxylic acids is 2. The number of aliphatic hydroxyl groups excluding tert-OH is 1. The third-order valence-corrected chi connectivity index (χ3v) is 6.18. The van der Waals surface area contributed by atoms with Crippen molar-refractivity contribution in [3.8, 4) is 0 Å². The smallest absolute Gasteiger partial charge is 0.295 e. The Kier molecular flexibility index (Phi) is 6.67. The van der Waals surface area contributed by atoms with Crippen LogP contribution in [0.3, 0.4) is 0 Å². The maximum atomic E-state index is 13.4. The molecule has 0 aromatic heterocycles. The average Bonchev–Trinajstić information content (AvgIpc) is 3.05. The van der Waals surface area contributed by atoms with Gasteiger partial charge in [0.15, 0.2) is 0 Å². The number of Topliss-reactive ketones (excluding diaryl/α,β-unsaturated/α-hetero) is 1. The Morgan fingerprint density at radius 1 is 1.09 bits per heavy atom. The quantitative estimate of drug-likeness (QED) is 0.410. The zero-order chi connectivity index (χ0) is 22.7. The molecule has 2 fully saturated rings. The molecule has 2 aliphatic rings. The number of ether oxygens (including phenoxy) is 1. The van der Waals surface area contributed by atoms with Crippen LogP contribution in [0, 0.1) is 12.7 Å². The number of likely N-dealkylation sites (tertiary alicyclic amines) is 1. The normalized spacial score (nSPS) is 21.3. The number of carbonyl (C=O) groups is 2. The van der Waals surface area contributed by atoms with Crippen LogP contribution in [0.1, 0.15) is 29.2 Å². The van der Waals surface area contributed by atoms with Crippen LogP contribution in [0.25, 0.3) is 5.76 Å². The summed E-state index contributed by atoms with van der Waals surface area (Å²) in [6.07, 6.45) is 0.737. The third kappa shape index (κ3) is 4.59. The number of amides is 1. The SMILES string of the molecule is Cc1ccc(C2C(=C(O)c3ccc(F)cc3)C(=O)C(=O)N2CCC[NH+]2CCOCC2)cc1. The molecule has 0 spiro atoms. The van der Waals surface area contributed by atoms with E-state index in [2.05, 4.69) is 0 Å². The van der Waals surface area contributed by atoms with E-state index in [0.717, 1.165) is 50.4 Å². The fourth-order valence-corrected chi connectivity index (χ4v) is 4.38. The monoisotopic (exact) mass is 439 g/mol. The molecule has 0 aliphatic carbocycles. The van der Waals surface area contributed by atoms with Crippen LogP contribution in [0.5, 0.6) is 0 Å². The molecule has 2 aromatic rings. The molecule has 7 heteroatoms. The predicted molar refractivity (Wildman–Crippen MR) is 118 cm³/mol. The summed E-state index contributed by atoms with van der Waals surface area (Å²) in [4.78, 5) is 29.0. The summed E-state index contributed by atoms with van der Waals surface area (Å²) in [7, 11) is 0. The number of hydrogen-bond donors (Lipinski definition) is 2. The molecule has 1 atom stereocenters. The maximum absolute atomic E-state index is 13.4. The van der Waals surface area contributed by atoms with Crippen LogP contribution in [-0.2, 0) is 14.3 Å². The summed E-state index contributed by atoms with van der Waals surface area (Å²) < 4.78 is 18.8. The number of quaternary nitrogens is 1. The van der Waals surface area contributed by atoms with Crippen molar-refractivity contribution in [2.75, 3.05) is 39.4 Å². The van der Waals surface area contributed by atoms with Crippen LogP contribution in [-0.4, -0.2) is 61.1 Å². The highest BCUT2D eigenvalue weighted by molar-refractivity contribution is 6.46. The molecule has 2 aromatic carbocycles. The molecule has 2 saturated heterocycles. The predicted octanol–water partition coefficient (Wildman–Crippen LogP) is 1.86. The first-order chi connectivity index (χ1) is 15.5. The van der Waals surface area contributed by atoms with Gasteiger partial charge in [0.2, 0.25) is 0 Å². The van der Waals surface area contributed by atoms with Crippen molar-refractivity contribution in [1.82, 2.24) is 4.90 Å². The topological polar surface area (TPSA) is 71.3 Å². The fraction of sp³-hybridized carbons (Fsp3) is 0.360. The van der Waals surface area contributed by atoms with Gasteiger partial charge in [0.05, 0.1) is 31.4 Å². The van der Waals surface area contributed by atoms with Gasteiger partial charge in [-0.15, -0.1) is 0 Å². The maximum Gasteiger partial charge on any atom is 0.295 e. The second-order valence-corrected chi connectivity index (χ2v) is 8.38. The molecule has 2 heterocycles. The lowest BCUT2D eigenvalue weighted by atomic mass is 9.94. The number of aliphatic hydroxyl groups is 1. The van der Waals surface area contributed by atoms with E-state index in [4.69, 9.17) is 4.74 Å². The Bertz CT molecular complexity index is 1010. The molecule has 2 aliphatic heterocycles. The third-order valence-electron chi connectivity index (χ3n) is 6.18. The molecule has 0 saturated carbocycles. The lowest BCUT2D eigenvalue weighted by Gasteiger charge is -2.27. The van der Waals surface area contributed by atoms with E-state index in [1.54, 1.807) is 4.90 Å². The number of nitrogens with zero attached hydrogens (tertiary/aromatic N) is 1. The van der Waals surface area contributed by atoms with Crippen LogP contribution < -0.4 is 4.90 Å². The first-order valence-corrected chi connectivity index (χ1v) is 11.0. The van der Waals surface area contributed by atoms with E-state index in [1.165, 1.54) is 29.2 Å². The Labute approximate surface area is 186 Å². The summed E-state index contributed by atoms with van der Waals surface area (Å²) in [5.74, 6) is -2.05. The number of ketones is 1. The highest BCUT2D eigenvalue weighted by Crippen LogP contribution is 2.39. The molecular weight excluding hydrogens is 411 g/mol. The molecule has 1 amide bonds. The van der Waals surface area contributed by atoms with Crippen LogP contribution in [0.2, 0.25) is 0 Å². The number of benzene rings is 2. The molecule has 168 valence electrons. The van der Waals surface area contributed by atoms with E-state index in [1.807, 2.05) is 31.2 Å². The van der Waals surface area contributed by atoms with E-state index in [9.17, 15) is 19.1 Å². The van der Waals surface area contributed by atoms with Gasteiger partial charge in [0.1, 0.15) is 24.7 Å². The highest BCUT2D eigenvalue weighted by Gasteiger charge is 2.45. The molecule has 0 bridgehead atoms. The van der Waals surface area contributed by atoms with Gasteiger partial charge in [0.25, 0.3) is 11.7 Å². The molecule has 0 radical (unpaired) electrons. The molecule has 2 N–H and O–H groups in total. The Morgan fingerprint density at radius 3 is 2.41 bits per heavy atom. The van der Waals surface area contributed by atoms with Crippen LogP contribution >= 0.6 is 0 Å². The molecule has 1 unspecified atom stereocenters. The van der Waals surface area contributed by atoms with Gasteiger partial charge in [-0.05, 0) is 36.8 Å². The Balaban J connectivity index is 1.66. The Morgan fingerprint density at radius 2 is 1.75 bits per heavy atom. The van der Waals surface area contributed by atoms with E-state index >= 15 is 0 Å². The van der Waals surface area contributed by atoms with Gasteiger partial charge < -0.3 is 19.6 Å². The Hall–Kier alpha value is -3.03. The number of morpholine rings is 1. The van der Waals surface area contributed by atoms with Crippen molar-refractivity contribution in [2.45, 2.75) is 19.4 Å². The zero-order valence-corrected chi connectivity index (χ0v) is 18.1. The van der Waals surface area contributed by atoms with Gasteiger partial charge in [0, 0.05) is 18.5 Å². The minimum absolute atomic E-state index is 0.0455. The minimum Gasteiger partial charge on any atom is -0.507 e. The van der Waals surface area contributed by atoms with Crippen molar-refractivity contribution >= 4 is 17.4 Å². The van der Waals surface area contributed by atoms with Crippen molar-refractivity contribution in [3.63, 3.8) is 0 Å². The number of hydrogen-bond acceptors (Lipinski definition) is 4. The van der Waals surface area contributed by atoms with E-state index in [-0.39, 0.29) is 11.3 Å². The van der Waals surface area contributed by atoms with Gasteiger partial charge in [-0.3, -0.25) is 9.59 Å². The minimum atomic E-state index is -0.712. The lowest BCUT2D eigenvalue weighted by molar-refractivity contribution is -0.908. The van der Waals surface area contributed by atoms with Crippen LogP contribution in [0.15, 0.2) is 54.1 Å². The van der Waals surface area contributed by atoms with E-state index < -0.39 is 23.5 Å². The first-order valence-electron chi connectivity index (χ1n) is 11.0. The number of halogens is 1. The summed E-state index contributed by atoms with van der Waals surface area (Å²) in [5.41, 5.74) is 2.17. The summed E-state index contributed by atoms with van der Waals surface area (Å²) in [5, 5.41) is 11.0. The first kappa shape index (κ1) is 22.2. The van der Waals surface area contributed by atoms with Gasteiger partial charge in [-0.25, -0.2) is 4.39 Å². The lowest BCUT2D eigenvalue weighted by Crippen LogP contribution is -3.14. The van der Waals surface area contributed by atoms with Crippen molar-refractivity contribution in [1.29, 1.82) is 0 Å². The largest absolute Gasteiger partial charge is 0.507 e. The van der Waals surface area contributed by atoms with Gasteiger partial charge in [-0.2, -0.15) is 0 Å². The van der Waals surface area contributed by atoms with E-state index in [0.29, 0.717) is 12.1 Å². The molecule has 32 heavy (non-hydrogen) atoms. The van der Waals surface area contributed by atoms with Crippen molar-refractivity contribution in [2.24, 2.45) is 0 Å². The average molecular weight is 440 g/mol. The molecule has 4 rings (SSSR count). The van der Waals surface area contributed by atoms with Crippen molar-refractivity contribution in [3.05, 3.63) is 76.6 Å². The highest BCUT2D eigenvalue weighted by atomic mass is 19.1. The molecule has 6 nitrogen and oxygen atoms in total. The number of rotatable bonds is 6. The summed E-state index contributed by atoms with van der Waals surface area (Å²) in [6.45, 7) is 6.60. The van der Waals surface area contributed by atoms with Crippen molar-refractivity contribution < 1.29 is 28.7 Å². The fourth-order valence-electron chi connectivity index (χ4n) is 4.38. The standard InChI is InChI=1S/C25H27FN2O4/c1-17-3-5-18(6-4-17)22-21(23(29)19-7-9-20(26)10-8-19)24(30)25(31)28(22)12-2-11-27-13-15-32-16-14-27/h3-10,22,29H,2,11-16H2,1H3/p+1. The number of nitrogens with one attached hydrogen (secondary N) is 1. The summed E-state index contributed by atoms with van der Waals surface area (Å²) >= 11 is 0.